The van der Waals surface area contributed by atoms with E-state index in [1.807, 2.05) is 39.8 Å². The number of nitrogens with zero attached hydrogens (tertiary/aromatic N) is 1. The van der Waals surface area contributed by atoms with Crippen molar-refractivity contribution in [2.24, 2.45) is 0 Å². The van der Waals surface area contributed by atoms with Crippen LogP contribution in [0.3, 0.4) is 0 Å². The summed E-state index contributed by atoms with van der Waals surface area (Å²) in [4.78, 5) is 14.3. The molecule has 1 aromatic carbocycles. The summed E-state index contributed by atoms with van der Waals surface area (Å²) in [5, 5.41) is 4.38. The van der Waals surface area contributed by atoms with Crippen molar-refractivity contribution in [3.05, 3.63) is 33.8 Å². The molecule has 1 heterocycles. The molecule has 0 aliphatic carbocycles. The van der Waals surface area contributed by atoms with E-state index in [0.29, 0.717) is 23.1 Å². The molecule has 0 bridgehead atoms. The second-order valence-corrected chi connectivity index (χ2v) is 7.45. The number of ether oxygens (including phenoxy) is 1. The first kappa shape index (κ1) is 17.4. The summed E-state index contributed by atoms with van der Waals surface area (Å²) in [6.45, 7) is 8.88. The van der Waals surface area contributed by atoms with Gasteiger partial charge in [0.25, 0.3) is 0 Å². The van der Waals surface area contributed by atoms with Crippen LogP contribution < -0.4 is 5.32 Å². The van der Waals surface area contributed by atoms with Gasteiger partial charge in [-0.2, -0.15) is 0 Å². The van der Waals surface area contributed by atoms with Gasteiger partial charge >= 0.3 is 6.09 Å². The van der Waals surface area contributed by atoms with Gasteiger partial charge in [0.15, 0.2) is 0 Å². The van der Waals surface area contributed by atoms with Gasteiger partial charge in [0.2, 0.25) is 0 Å². The van der Waals surface area contributed by atoms with Gasteiger partial charge in [-0.15, -0.1) is 0 Å². The maximum absolute atomic E-state index is 12.5. The number of amides is 1. The van der Waals surface area contributed by atoms with Crippen LogP contribution in [0.2, 0.25) is 10.0 Å². The Morgan fingerprint density at radius 1 is 1.32 bits per heavy atom. The smallest absolute Gasteiger partial charge is 0.410 e. The summed E-state index contributed by atoms with van der Waals surface area (Å²) in [5.41, 5.74) is 0.424. The maximum atomic E-state index is 12.5. The Balaban J connectivity index is 2.26. The summed E-state index contributed by atoms with van der Waals surface area (Å²) in [5.74, 6) is 0. The van der Waals surface area contributed by atoms with Crippen LogP contribution in [-0.4, -0.2) is 35.7 Å². The molecule has 1 saturated heterocycles. The van der Waals surface area contributed by atoms with Crippen molar-refractivity contribution in [3.63, 3.8) is 0 Å². The summed E-state index contributed by atoms with van der Waals surface area (Å²) < 4.78 is 5.53. The minimum absolute atomic E-state index is 0.124. The SMILES string of the molecule is C[C@@H]1CN(C(=O)OC(C)(C)C)[C@H](c2ccc(Cl)c(Cl)c2)CN1. The van der Waals surface area contributed by atoms with Crippen molar-refractivity contribution in [1.82, 2.24) is 10.2 Å². The number of carbonyl (C=O) groups excluding carboxylic acids is 1. The van der Waals surface area contributed by atoms with E-state index < -0.39 is 5.60 Å². The van der Waals surface area contributed by atoms with Crippen LogP contribution in [-0.2, 0) is 4.74 Å². The van der Waals surface area contributed by atoms with Crippen molar-refractivity contribution >= 4 is 29.3 Å². The van der Waals surface area contributed by atoms with Crippen LogP contribution in [0.5, 0.6) is 0 Å². The maximum Gasteiger partial charge on any atom is 0.410 e. The standard InChI is InChI=1S/C16H22Cl2N2O2/c1-10-9-20(15(21)22-16(2,3)4)14(8-19-10)11-5-6-12(17)13(18)7-11/h5-7,10,14,19H,8-9H2,1-4H3/t10-,14+/m1/s1. The number of rotatable bonds is 1. The molecule has 122 valence electrons. The lowest BCUT2D eigenvalue weighted by atomic mass is 10.0. The third-order valence-electron chi connectivity index (χ3n) is 3.46. The highest BCUT2D eigenvalue weighted by atomic mass is 35.5. The highest BCUT2D eigenvalue weighted by Gasteiger charge is 2.33. The van der Waals surface area contributed by atoms with E-state index in [-0.39, 0.29) is 18.2 Å². The number of nitrogens with one attached hydrogen (secondary N) is 1. The van der Waals surface area contributed by atoms with Crippen molar-refractivity contribution in [2.75, 3.05) is 13.1 Å². The highest BCUT2D eigenvalue weighted by molar-refractivity contribution is 6.42. The topological polar surface area (TPSA) is 41.6 Å². The van der Waals surface area contributed by atoms with E-state index in [4.69, 9.17) is 27.9 Å². The minimum Gasteiger partial charge on any atom is -0.444 e. The molecule has 2 atom stereocenters. The Bertz CT molecular complexity index is 558. The van der Waals surface area contributed by atoms with Crippen molar-refractivity contribution in [3.8, 4) is 0 Å². The molecule has 22 heavy (non-hydrogen) atoms. The van der Waals surface area contributed by atoms with Gasteiger partial charge < -0.3 is 10.1 Å². The normalized spacial score (nSPS) is 22.5. The molecule has 4 nitrogen and oxygen atoms in total. The van der Waals surface area contributed by atoms with Gasteiger partial charge in [-0.25, -0.2) is 4.79 Å². The van der Waals surface area contributed by atoms with Gasteiger partial charge in [0, 0.05) is 19.1 Å². The minimum atomic E-state index is -0.520. The average molecular weight is 345 g/mol. The van der Waals surface area contributed by atoms with E-state index in [1.54, 1.807) is 11.0 Å². The number of hydrogen-bond acceptors (Lipinski definition) is 3. The summed E-state index contributed by atoms with van der Waals surface area (Å²) in [7, 11) is 0. The van der Waals surface area contributed by atoms with Crippen LogP contribution in [0, 0.1) is 0 Å². The number of carbonyl (C=O) groups is 1. The van der Waals surface area contributed by atoms with Gasteiger partial charge in [-0.3, -0.25) is 4.90 Å². The van der Waals surface area contributed by atoms with E-state index in [9.17, 15) is 4.79 Å². The molecular formula is C16H22Cl2N2O2. The van der Waals surface area contributed by atoms with Crippen molar-refractivity contribution in [1.29, 1.82) is 0 Å². The average Bonchev–Trinajstić information content (AvgIpc) is 2.40. The molecule has 0 saturated carbocycles. The zero-order valence-corrected chi connectivity index (χ0v) is 14.8. The molecular weight excluding hydrogens is 323 g/mol. The first-order valence-corrected chi connectivity index (χ1v) is 8.11. The fourth-order valence-corrected chi connectivity index (χ4v) is 2.76. The third kappa shape index (κ3) is 4.28. The first-order chi connectivity index (χ1) is 10.2. The Labute approximate surface area is 141 Å². The molecule has 1 fully saturated rings. The Morgan fingerprint density at radius 3 is 2.59 bits per heavy atom. The Hall–Kier alpha value is -0.970. The van der Waals surface area contributed by atoms with Gasteiger partial charge in [-0.1, -0.05) is 29.3 Å². The van der Waals surface area contributed by atoms with Gasteiger partial charge in [-0.05, 0) is 45.4 Å². The molecule has 0 aromatic heterocycles. The number of benzene rings is 1. The predicted octanol–water partition coefficient (Wildman–Crippen LogP) is 4.26. The molecule has 1 aliphatic heterocycles. The van der Waals surface area contributed by atoms with E-state index in [2.05, 4.69) is 5.32 Å². The molecule has 1 aromatic rings. The van der Waals surface area contributed by atoms with Crippen LogP contribution in [0.4, 0.5) is 4.79 Å². The zero-order chi connectivity index (χ0) is 16.5. The zero-order valence-electron chi connectivity index (χ0n) is 13.3. The second-order valence-electron chi connectivity index (χ2n) is 6.63. The van der Waals surface area contributed by atoms with Crippen LogP contribution >= 0.6 is 23.2 Å². The van der Waals surface area contributed by atoms with Crippen molar-refractivity contribution < 1.29 is 9.53 Å². The number of piperazine rings is 1. The van der Waals surface area contributed by atoms with Gasteiger partial charge in [0.1, 0.15) is 5.60 Å². The molecule has 1 aliphatic rings. The van der Waals surface area contributed by atoms with E-state index >= 15 is 0 Å². The van der Waals surface area contributed by atoms with Crippen LogP contribution in [0.25, 0.3) is 0 Å². The Kier molecular flexibility index (Phi) is 5.25. The summed E-state index contributed by atoms with van der Waals surface area (Å²) in [6.07, 6.45) is -0.308. The highest BCUT2D eigenvalue weighted by Crippen LogP contribution is 2.30. The molecule has 6 heteroatoms. The molecule has 2 rings (SSSR count). The van der Waals surface area contributed by atoms with Gasteiger partial charge in [0.05, 0.1) is 16.1 Å². The third-order valence-corrected chi connectivity index (χ3v) is 4.20. The number of halogens is 2. The van der Waals surface area contributed by atoms with E-state index in [0.717, 1.165) is 5.56 Å². The molecule has 1 amide bonds. The summed E-state index contributed by atoms with van der Waals surface area (Å²) >= 11 is 12.1. The lowest BCUT2D eigenvalue weighted by Crippen LogP contribution is -2.54. The largest absolute Gasteiger partial charge is 0.444 e. The first-order valence-electron chi connectivity index (χ1n) is 7.35. The van der Waals surface area contributed by atoms with Crippen LogP contribution in [0.15, 0.2) is 18.2 Å². The van der Waals surface area contributed by atoms with Crippen LogP contribution in [0.1, 0.15) is 39.3 Å². The second kappa shape index (κ2) is 6.65. The van der Waals surface area contributed by atoms with Crippen molar-refractivity contribution in [2.45, 2.75) is 45.4 Å². The molecule has 0 spiro atoms. The Morgan fingerprint density at radius 2 is 2.00 bits per heavy atom. The molecule has 0 unspecified atom stereocenters. The van der Waals surface area contributed by atoms with E-state index in [1.165, 1.54) is 0 Å². The summed E-state index contributed by atoms with van der Waals surface area (Å²) in [6, 6.07) is 5.55. The molecule has 1 N–H and O–H groups in total. The fourth-order valence-electron chi connectivity index (χ4n) is 2.45. The quantitative estimate of drug-likeness (QED) is 0.827. The predicted molar refractivity (Wildman–Crippen MR) is 89.6 cm³/mol. The molecule has 0 radical (unpaired) electrons. The monoisotopic (exact) mass is 344 g/mol. The lowest BCUT2D eigenvalue weighted by molar-refractivity contribution is 0.00787. The number of hydrogen-bond donors (Lipinski definition) is 1. The lowest BCUT2D eigenvalue weighted by Gasteiger charge is -2.40. The fraction of sp³-hybridized carbons (Fsp3) is 0.562.